The van der Waals surface area contributed by atoms with E-state index in [9.17, 15) is 4.79 Å². The molecule has 2 N–H and O–H groups in total. The summed E-state index contributed by atoms with van der Waals surface area (Å²) >= 11 is 0. The van der Waals surface area contributed by atoms with Gasteiger partial charge in [0.25, 0.3) is 0 Å². The molecule has 0 bridgehead atoms. The Bertz CT molecular complexity index is 406. The molecular formula is C13H19NO4. The first kappa shape index (κ1) is 14.3. The number of rotatable bonds is 7. The Morgan fingerprint density at radius 2 is 2.11 bits per heavy atom. The first-order valence-electron chi connectivity index (χ1n) is 5.74. The number of methoxy groups -OCH3 is 2. The van der Waals surface area contributed by atoms with E-state index in [1.54, 1.807) is 21.3 Å². The van der Waals surface area contributed by atoms with Crippen molar-refractivity contribution in [2.24, 2.45) is 0 Å². The van der Waals surface area contributed by atoms with Gasteiger partial charge in [-0.25, -0.2) is 0 Å². The van der Waals surface area contributed by atoms with E-state index < -0.39 is 12.0 Å². The van der Waals surface area contributed by atoms with Crippen LogP contribution in [0.2, 0.25) is 0 Å². The SMILES string of the molecule is CN[C@@H](CCc1cccc(OC)c1OC)C(=O)O. The fourth-order valence-corrected chi connectivity index (χ4v) is 1.84. The van der Waals surface area contributed by atoms with Gasteiger partial charge in [0.2, 0.25) is 0 Å². The number of hydrogen-bond donors (Lipinski definition) is 2. The minimum absolute atomic E-state index is 0.495. The average Bonchev–Trinajstić information content (AvgIpc) is 2.38. The molecule has 1 aromatic rings. The number of aliphatic carboxylic acids is 1. The maximum atomic E-state index is 10.9. The maximum Gasteiger partial charge on any atom is 0.320 e. The van der Waals surface area contributed by atoms with Crippen LogP contribution in [0, 0.1) is 0 Å². The number of carboxylic acid groups (broad SMARTS) is 1. The molecule has 0 radical (unpaired) electrons. The van der Waals surface area contributed by atoms with E-state index in [0.29, 0.717) is 24.3 Å². The Morgan fingerprint density at radius 3 is 2.61 bits per heavy atom. The molecule has 0 saturated carbocycles. The van der Waals surface area contributed by atoms with Crippen LogP contribution < -0.4 is 14.8 Å². The van der Waals surface area contributed by atoms with Crippen molar-refractivity contribution in [3.63, 3.8) is 0 Å². The smallest absolute Gasteiger partial charge is 0.320 e. The molecule has 5 nitrogen and oxygen atoms in total. The number of para-hydroxylation sites is 1. The van der Waals surface area contributed by atoms with Crippen LogP contribution in [0.25, 0.3) is 0 Å². The van der Waals surface area contributed by atoms with Gasteiger partial charge in [-0.1, -0.05) is 12.1 Å². The first-order chi connectivity index (χ1) is 8.63. The Kier molecular flexibility index (Phi) is 5.45. The van der Waals surface area contributed by atoms with Crippen molar-refractivity contribution in [3.8, 4) is 11.5 Å². The molecule has 18 heavy (non-hydrogen) atoms. The summed E-state index contributed by atoms with van der Waals surface area (Å²) in [7, 11) is 4.80. The second-order valence-corrected chi connectivity index (χ2v) is 3.87. The molecule has 1 atom stereocenters. The van der Waals surface area contributed by atoms with Gasteiger partial charge in [-0.05, 0) is 31.5 Å². The van der Waals surface area contributed by atoms with E-state index >= 15 is 0 Å². The van der Waals surface area contributed by atoms with Gasteiger partial charge in [0.15, 0.2) is 11.5 Å². The molecule has 100 valence electrons. The Morgan fingerprint density at radius 1 is 1.39 bits per heavy atom. The van der Waals surface area contributed by atoms with E-state index in [1.807, 2.05) is 18.2 Å². The van der Waals surface area contributed by atoms with Gasteiger partial charge in [0.1, 0.15) is 6.04 Å². The van der Waals surface area contributed by atoms with E-state index in [0.717, 1.165) is 5.56 Å². The van der Waals surface area contributed by atoms with Crippen LogP contribution in [0.1, 0.15) is 12.0 Å². The van der Waals surface area contributed by atoms with Crippen LogP contribution in [0.15, 0.2) is 18.2 Å². The lowest BCUT2D eigenvalue weighted by Crippen LogP contribution is -2.34. The topological polar surface area (TPSA) is 67.8 Å². The molecule has 5 heteroatoms. The molecule has 0 spiro atoms. The number of likely N-dealkylation sites (N-methyl/N-ethyl adjacent to an activating group) is 1. The van der Waals surface area contributed by atoms with Crippen LogP contribution in [-0.4, -0.2) is 38.4 Å². The van der Waals surface area contributed by atoms with Crippen molar-refractivity contribution in [1.29, 1.82) is 0 Å². The fraction of sp³-hybridized carbons (Fsp3) is 0.462. The summed E-state index contributed by atoms with van der Waals surface area (Å²) in [6.45, 7) is 0. The summed E-state index contributed by atoms with van der Waals surface area (Å²) in [5.74, 6) is 0.478. The molecule has 0 aliphatic heterocycles. The number of benzene rings is 1. The van der Waals surface area contributed by atoms with E-state index in [1.165, 1.54) is 0 Å². The highest BCUT2D eigenvalue weighted by atomic mass is 16.5. The van der Waals surface area contributed by atoms with Gasteiger partial charge >= 0.3 is 5.97 Å². The van der Waals surface area contributed by atoms with Gasteiger partial charge in [-0.2, -0.15) is 0 Å². The lowest BCUT2D eigenvalue weighted by atomic mass is 10.0. The fourth-order valence-electron chi connectivity index (χ4n) is 1.84. The molecule has 0 aliphatic carbocycles. The first-order valence-corrected chi connectivity index (χ1v) is 5.74. The molecule has 0 saturated heterocycles. The lowest BCUT2D eigenvalue weighted by molar-refractivity contribution is -0.139. The number of carbonyl (C=O) groups is 1. The second-order valence-electron chi connectivity index (χ2n) is 3.87. The molecule has 1 rings (SSSR count). The second kappa shape index (κ2) is 6.86. The lowest BCUT2D eigenvalue weighted by Gasteiger charge is -2.14. The summed E-state index contributed by atoms with van der Waals surface area (Å²) in [6, 6.07) is 5.04. The molecule has 0 amide bonds. The van der Waals surface area contributed by atoms with Gasteiger partial charge in [0.05, 0.1) is 14.2 Å². The third-order valence-corrected chi connectivity index (χ3v) is 2.83. The average molecular weight is 253 g/mol. The molecule has 0 aromatic heterocycles. The van der Waals surface area contributed by atoms with Gasteiger partial charge in [-0.15, -0.1) is 0 Å². The summed E-state index contributed by atoms with van der Waals surface area (Å²) in [4.78, 5) is 10.9. The standard InChI is InChI=1S/C13H19NO4/c1-14-10(13(15)16)8-7-9-5-4-6-11(17-2)12(9)18-3/h4-6,10,14H,7-8H2,1-3H3,(H,15,16)/t10-/m0/s1. The van der Waals surface area contributed by atoms with E-state index in [-0.39, 0.29) is 0 Å². The molecule has 0 fully saturated rings. The van der Waals surface area contributed by atoms with Crippen LogP contribution in [0.3, 0.4) is 0 Å². The summed E-state index contributed by atoms with van der Waals surface area (Å²) in [6.07, 6.45) is 1.10. The monoisotopic (exact) mass is 253 g/mol. The van der Waals surface area contributed by atoms with Crippen LogP contribution in [0.5, 0.6) is 11.5 Å². The zero-order chi connectivity index (χ0) is 13.5. The normalized spacial score (nSPS) is 11.9. The number of aryl methyl sites for hydroxylation is 1. The highest BCUT2D eigenvalue weighted by molar-refractivity contribution is 5.73. The van der Waals surface area contributed by atoms with Gasteiger partial charge in [-0.3, -0.25) is 4.79 Å². The zero-order valence-electron chi connectivity index (χ0n) is 10.9. The van der Waals surface area contributed by atoms with E-state index in [2.05, 4.69) is 5.32 Å². The van der Waals surface area contributed by atoms with Crippen molar-refractivity contribution in [2.45, 2.75) is 18.9 Å². The highest BCUT2D eigenvalue weighted by Crippen LogP contribution is 2.31. The number of carboxylic acids is 1. The third-order valence-electron chi connectivity index (χ3n) is 2.83. The Hall–Kier alpha value is -1.75. The molecule has 0 heterocycles. The summed E-state index contributed by atoms with van der Waals surface area (Å²) < 4.78 is 10.5. The molecular weight excluding hydrogens is 234 g/mol. The predicted octanol–water partition coefficient (Wildman–Crippen LogP) is 1.31. The van der Waals surface area contributed by atoms with E-state index in [4.69, 9.17) is 14.6 Å². The van der Waals surface area contributed by atoms with Crippen molar-refractivity contribution >= 4 is 5.97 Å². The van der Waals surface area contributed by atoms with Crippen molar-refractivity contribution in [1.82, 2.24) is 5.32 Å². The summed E-state index contributed by atoms with van der Waals surface area (Å²) in [5, 5.41) is 11.7. The highest BCUT2D eigenvalue weighted by Gasteiger charge is 2.16. The predicted molar refractivity (Wildman–Crippen MR) is 68.4 cm³/mol. The third kappa shape index (κ3) is 3.37. The van der Waals surface area contributed by atoms with Gasteiger partial charge < -0.3 is 19.9 Å². The minimum atomic E-state index is -0.848. The van der Waals surface area contributed by atoms with Crippen molar-refractivity contribution in [3.05, 3.63) is 23.8 Å². The Labute approximate surface area is 107 Å². The zero-order valence-corrected chi connectivity index (χ0v) is 10.9. The quantitative estimate of drug-likeness (QED) is 0.767. The maximum absolute atomic E-state index is 10.9. The number of ether oxygens (including phenoxy) is 2. The molecule has 1 aromatic carbocycles. The number of nitrogens with one attached hydrogen (secondary N) is 1. The van der Waals surface area contributed by atoms with Gasteiger partial charge in [0, 0.05) is 0 Å². The van der Waals surface area contributed by atoms with Crippen molar-refractivity contribution < 1.29 is 19.4 Å². The number of hydrogen-bond acceptors (Lipinski definition) is 4. The summed E-state index contributed by atoms with van der Waals surface area (Å²) in [5.41, 5.74) is 0.943. The Balaban J connectivity index is 2.81. The van der Waals surface area contributed by atoms with Crippen molar-refractivity contribution in [2.75, 3.05) is 21.3 Å². The molecule has 0 unspecified atom stereocenters. The minimum Gasteiger partial charge on any atom is -0.493 e. The van der Waals surface area contributed by atoms with Crippen LogP contribution in [-0.2, 0) is 11.2 Å². The van der Waals surface area contributed by atoms with Crippen LogP contribution >= 0.6 is 0 Å². The largest absolute Gasteiger partial charge is 0.493 e. The molecule has 0 aliphatic rings. The van der Waals surface area contributed by atoms with Crippen LogP contribution in [0.4, 0.5) is 0 Å².